The molecule has 428 valence electrons. The summed E-state index contributed by atoms with van der Waals surface area (Å²) in [6.07, 6.45) is 10.2. The van der Waals surface area contributed by atoms with Gasteiger partial charge < -0.3 is 56.9 Å². The molecule has 0 aromatic heterocycles. The monoisotopic (exact) mass is 1110 g/mol. The second-order valence-electron chi connectivity index (χ2n) is 24.3. The van der Waals surface area contributed by atoms with Crippen molar-refractivity contribution < 1.29 is 65.9 Å². The Morgan fingerprint density at radius 2 is 1.64 bits per heavy atom. The quantitative estimate of drug-likeness (QED) is 0.119. The largest absolute Gasteiger partial charge is 0.462 e. The molecule has 4 fully saturated rings. The van der Waals surface area contributed by atoms with Crippen molar-refractivity contribution in [1.82, 2.24) is 0 Å². The van der Waals surface area contributed by atoms with E-state index < -0.39 is 116 Å². The predicted molar refractivity (Wildman–Crippen MR) is 298 cm³/mol. The Bertz CT molecular complexity index is 2440. The molecule has 0 radical (unpaired) electrons. The molecule has 17 heteroatoms. The van der Waals surface area contributed by atoms with Gasteiger partial charge in [-0.25, -0.2) is 4.21 Å². The average Bonchev–Trinajstić information content (AvgIpc) is 3.80. The van der Waals surface area contributed by atoms with Gasteiger partial charge in [-0.3, -0.25) is 4.79 Å². The second-order valence-corrected chi connectivity index (χ2v) is 30.2. The molecule has 1 aliphatic carbocycles. The molecular formula is C60H89NO14SSi. The number of methoxy groups -OCH3 is 2. The number of nitrogens with zero attached hydrogens (tertiary/aromatic N) is 1. The second kappa shape index (κ2) is 24.6. The summed E-state index contributed by atoms with van der Waals surface area (Å²) in [4.78, 5) is 15.5. The van der Waals surface area contributed by atoms with E-state index in [1.165, 1.54) is 0 Å². The van der Waals surface area contributed by atoms with Crippen LogP contribution in [0.2, 0.25) is 18.1 Å². The van der Waals surface area contributed by atoms with Crippen LogP contribution in [0.15, 0.2) is 98.9 Å². The molecule has 2 bridgehead atoms. The Kier molecular flexibility index (Phi) is 19.2. The first-order valence-corrected chi connectivity index (χ1v) is 32.1. The van der Waals surface area contributed by atoms with Gasteiger partial charge in [0.2, 0.25) is 0 Å². The summed E-state index contributed by atoms with van der Waals surface area (Å²) in [5.41, 5.74) is 1.17. The third-order valence-corrected chi connectivity index (χ3v) is 23.2. The van der Waals surface area contributed by atoms with Crippen LogP contribution >= 0.6 is 0 Å². The summed E-state index contributed by atoms with van der Waals surface area (Å²) in [5, 5.41) is 13.2. The van der Waals surface area contributed by atoms with Gasteiger partial charge in [0.15, 0.2) is 37.7 Å². The summed E-state index contributed by atoms with van der Waals surface area (Å²) in [5.74, 6) is -2.48. The molecule has 77 heavy (non-hydrogen) atoms. The van der Waals surface area contributed by atoms with E-state index in [0.717, 1.165) is 17.6 Å². The zero-order chi connectivity index (χ0) is 55.8. The lowest BCUT2D eigenvalue weighted by Gasteiger charge is -2.49. The molecular weight excluding hydrogens is 1020 g/mol. The number of carbonyl (C=O) groups excluding carboxylic acids is 1. The minimum absolute atomic E-state index is 0.0995. The lowest BCUT2D eigenvalue weighted by atomic mass is 9.71. The number of ether oxygens (including phenoxy) is 10. The third-order valence-electron chi connectivity index (χ3n) is 17.7. The zero-order valence-corrected chi connectivity index (χ0v) is 50.1. The summed E-state index contributed by atoms with van der Waals surface area (Å²) in [6, 6.07) is 9.10. The van der Waals surface area contributed by atoms with E-state index >= 15 is 0 Å². The highest BCUT2D eigenvalue weighted by molar-refractivity contribution is 7.83. The van der Waals surface area contributed by atoms with Crippen molar-refractivity contribution >= 4 is 31.0 Å². The van der Waals surface area contributed by atoms with Gasteiger partial charge in [-0.15, -0.1) is 0 Å². The zero-order valence-electron chi connectivity index (χ0n) is 48.3. The molecule has 1 aromatic carbocycles. The van der Waals surface area contributed by atoms with E-state index in [0.29, 0.717) is 48.3 Å². The molecule has 6 heterocycles. The van der Waals surface area contributed by atoms with Crippen LogP contribution in [0.5, 0.6) is 0 Å². The Hall–Kier alpha value is -3.01. The van der Waals surface area contributed by atoms with Gasteiger partial charge in [0.1, 0.15) is 35.9 Å². The van der Waals surface area contributed by atoms with Gasteiger partial charge in [0, 0.05) is 51.7 Å². The predicted octanol–water partition coefficient (Wildman–Crippen LogP) is 10.2. The maximum Gasteiger partial charge on any atom is 0.316 e. The van der Waals surface area contributed by atoms with Crippen molar-refractivity contribution in [3.8, 4) is 0 Å². The molecule has 0 saturated carbocycles. The van der Waals surface area contributed by atoms with Crippen LogP contribution in [0.1, 0.15) is 115 Å². The Balaban J connectivity index is 1.07. The molecule has 8 rings (SSSR count). The number of aliphatic hydroxyl groups is 1. The van der Waals surface area contributed by atoms with E-state index in [2.05, 4.69) is 91.1 Å². The molecule has 1 spiro atoms. The van der Waals surface area contributed by atoms with Crippen LogP contribution in [0.4, 0.5) is 0 Å². The number of esters is 1. The van der Waals surface area contributed by atoms with Crippen LogP contribution in [0, 0.1) is 23.7 Å². The van der Waals surface area contributed by atoms with Gasteiger partial charge in [0.05, 0.1) is 59.9 Å². The normalized spacial score (nSPS) is 42.3. The molecule has 4 saturated heterocycles. The smallest absolute Gasteiger partial charge is 0.316 e. The highest BCUT2D eigenvalue weighted by atomic mass is 32.2. The van der Waals surface area contributed by atoms with Crippen molar-refractivity contribution in [2.75, 3.05) is 20.8 Å². The van der Waals surface area contributed by atoms with Gasteiger partial charge in [-0.2, -0.15) is 4.40 Å². The molecule has 7 aliphatic rings. The van der Waals surface area contributed by atoms with Crippen LogP contribution in [0.25, 0.3) is 0 Å². The molecule has 0 amide bonds. The van der Waals surface area contributed by atoms with Crippen molar-refractivity contribution in [2.24, 2.45) is 28.1 Å². The van der Waals surface area contributed by atoms with Gasteiger partial charge in [0.25, 0.3) is 0 Å². The maximum atomic E-state index is 14.9. The number of hydrogen-bond donors (Lipinski definition) is 1. The highest BCUT2D eigenvalue weighted by Gasteiger charge is 2.62. The third kappa shape index (κ3) is 13.0. The number of fused-ring (bicyclic) bond motifs is 2. The molecule has 1 aromatic rings. The van der Waals surface area contributed by atoms with Gasteiger partial charge in [-0.1, -0.05) is 110 Å². The number of rotatable bonds is 12. The Morgan fingerprint density at radius 1 is 0.909 bits per heavy atom. The van der Waals surface area contributed by atoms with Crippen molar-refractivity contribution in [1.29, 1.82) is 0 Å². The fraction of sp³-hybridized carbons (Fsp3) is 0.700. The van der Waals surface area contributed by atoms with E-state index in [1.807, 2.05) is 63.3 Å². The SMILES string of the molecule is CC[C@H](C)[C@H]1O[C@]2(C=C[C@@H]1C)C[C@@H]1C[C@@H](C/C=C(\C)[C@@H](O[C@H]3C[C@H](OC)[C@@H](O[C@H]4C[C@H](OC)/C(=N\S(=O)c5ccccc5)[C@H](C)O4)[C@H](C)O3)[C@@H](C)/C=C/C=C3\CO[C@@H]4[C@H](O[Si](C)(C)C(C)(C)C)C(C)=C[C@@H](C(=O)O1)[C@]34O)O2. The first-order chi connectivity index (χ1) is 36.4. The van der Waals surface area contributed by atoms with Gasteiger partial charge in [-0.05, 0) is 93.1 Å². The summed E-state index contributed by atoms with van der Waals surface area (Å²) in [7, 11) is -0.745. The minimum Gasteiger partial charge on any atom is -0.462 e. The van der Waals surface area contributed by atoms with Crippen molar-refractivity contribution in [2.45, 2.75) is 229 Å². The lowest BCUT2D eigenvalue weighted by molar-refractivity contribution is -0.302. The minimum atomic E-state index is -2.39. The molecule has 1 unspecified atom stereocenters. The number of carbonyl (C=O) groups is 1. The number of allylic oxidation sites excluding steroid dienone is 2. The van der Waals surface area contributed by atoms with E-state index in [1.54, 1.807) is 26.4 Å². The average molecular weight is 1110 g/mol. The summed E-state index contributed by atoms with van der Waals surface area (Å²) >= 11 is 0. The van der Waals surface area contributed by atoms with E-state index in [9.17, 15) is 14.1 Å². The van der Waals surface area contributed by atoms with Crippen LogP contribution in [-0.2, 0) is 67.6 Å². The lowest BCUT2D eigenvalue weighted by Crippen LogP contribution is -2.60. The molecule has 1 N–H and O–H groups in total. The summed E-state index contributed by atoms with van der Waals surface area (Å²) < 4.78 is 90.9. The first kappa shape index (κ1) is 60.1. The maximum absolute atomic E-state index is 14.9. The highest BCUT2D eigenvalue weighted by Crippen LogP contribution is 2.50. The van der Waals surface area contributed by atoms with E-state index in [-0.39, 0.29) is 35.5 Å². The van der Waals surface area contributed by atoms with Crippen LogP contribution in [-0.4, -0.2) is 141 Å². The fourth-order valence-corrected chi connectivity index (χ4v) is 14.1. The summed E-state index contributed by atoms with van der Waals surface area (Å²) in [6.45, 7) is 27.5. The Morgan fingerprint density at radius 3 is 2.32 bits per heavy atom. The standard InChI is InChI=1S/C60H89NO14SSi/c1-16-35(2)53-38(5)27-28-59(74-53)33-44-30-43(73-59)26-25-37(4)52(36(3)21-20-22-42-34-67-56-54(75-77(14,15)58(9,10)11)39(6)29-46(57(62)70-44)60(42,56)63)71-50-32-48(66-13)55(41(8)69-50)72-49-31-47(65-12)51(40(7)68-49)61-76(64)45-23-18-17-19-24-45/h17-25,27-29,35-36,38,40-41,43-44,46-50,52-56,63H,16,26,30-34H2,1-15H3/b21-20+,37-25+,42-22+,61-51-/t35-,36-,38-,40-,41-,43+,44-,46-,47-,48-,49-,50-,52-,53+,54+,55-,56+,59+,60+,76?/m0/s1. The van der Waals surface area contributed by atoms with Crippen molar-refractivity contribution in [3.63, 3.8) is 0 Å². The van der Waals surface area contributed by atoms with Crippen LogP contribution in [0.3, 0.4) is 0 Å². The van der Waals surface area contributed by atoms with E-state index in [4.69, 9.17) is 51.8 Å². The molecule has 15 nitrogen and oxygen atoms in total. The fourth-order valence-electron chi connectivity index (χ4n) is 11.9. The molecule has 6 aliphatic heterocycles. The number of hydrogen-bond acceptors (Lipinski definition) is 14. The molecule has 20 atom stereocenters. The number of benzene rings is 1. The van der Waals surface area contributed by atoms with Gasteiger partial charge >= 0.3 is 5.97 Å². The van der Waals surface area contributed by atoms with Crippen molar-refractivity contribution in [3.05, 3.63) is 89.6 Å². The first-order valence-electron chi connectivity index (χ1n) is 28.1. The van der Waals surface area contributed by atoms with Crippen LogP contribution < -0.4 is 0 Å². The Labute approximate surface area is 462 Å². The topological polar surface area (TPSA) is 168 Å².